The Labute approximate surface area is 144 Å². The number of hydrogen-bond donors (Lipinski definition) is 1. The Morgan fingerprint density at radius 3 is 2.87 bits per heavy atom. The van der Waals surface area contributed by atoms with Crippen molar-refractivity contribution in [1.29, 1.82) is 0 Å². The molecule has 3 aromatic rings. The fourth-order valence-corrected chi connectivity index (χ4v) is 3.72. The minimum Gasteiger partial charge on any atom is -0.378 e. The zero-order valence-electron chi connectivity index (χ0n) is 12.4. The molecule has 1 fully saturated rings. The quantitative estimate of drug-likeness (QED) is 0.728. The van der Waals surface area contributed by atoms with Gasteiger partial charge in [0.25, 0.3) is 0 Å². The number of halogens is 1. The third-order valence-electron chi connectivity index (χ3n) is 3.58. The van der Waals surface area contributed by atoms with Crippen molar-refractivity contribution in [3.05, 3.63) is 16.0 Å². The Hall–Kier alpha value is -1.78. The van der Waals surface area contributed by atoms with Crippen molar-refractivity contribution < 1.29 is 4.74 Å². The van der Waals surface area contributed by atoms with E-state index < -0.39 is 0 Å². The van der Waals surface area contributed by atoms with Crippen molar-refractivity contribution in [2.24, 2.45) is 7.05 Å². The average molecular weight is 396 g/mol. The van der Waals surface area contributed by atoms with Crippen LogP contribution >= 0.6 is 27.3 Å². The molecule has 1 N–H and O–H groups in total. The zero-order chi connectivity index (χ0) is 15.8. The van der Waals surface area contributed by atoms with Crippen molar-refractivity contribution in [2.45, 2.75) is 0 Å². The molecule has 3 aromatic heterocycles. The lowest BCUT2D eigenvalue weighted by Crippen LogP contribution is -2.36. The maximum Gasteiger partial charge on any atom is 0.201 e. The Balaban J connectivity index is 1.59. The average Bonchev–Trinajstić information content (AvgIpc) is 3.27. The summed E-state index contributed by atoms with van der Waals surface area (Å²) in [5.41, 5.74) is 1.64. The summed E-state index contributed by atoms with van der Waals surface area (Å²) in [4.78, 5) is 11.4. The van der Waals surface area contributed by atoms with Crippen LogP contribution in [0.2, 0.25) is 0 Å². The monoisotopic (exact) mass is 395 g/mol. The topological polar surface area (TPSA) is 84.8 Å². The normalized spacial score (nSPS) is 15.3. The van der Waals surface area contributed by atoms with Crippen molar-refractivity contribution in [1.82, 2.24) is 29.9 Å². The lowest BCUT2D eigenvalue weighted by Gasteiger charge is -2.25. The number of aromatic nitrogens is 6. The summed E-state index contributed by atoms with van der Waals surface area (Å²) in [5.74, 6) is 1.26. The maximum absolute atomic E-state index is 5.37. The molecule has 0 atom stereocenters. The predicted molar refractivity (Wildman–Crippen MR) is 90.4 cm³/mol. The molecule has 0 aromatic carbocycles. The number of thiazole rings is 1. The molecule has 0 bridgehead atoms. The van der Waals surface area contributed by atoms with Crippen LogP contribution < -0.4 is 4.90 Å². The minimum absolute atomic E-state index is 0.591. The number of rotatable bonds is 3. The summed E-state index contributed by atoms with van der Waals surface area (Å²) in [6.45, 7) is 3.23. The van der Waals surface area contributed by atoms with Gasteiger partial charge < -0.3 is 9.64 Å². The smallest absolute Gasteiger partial charge is 0.201 e. The molecule has 0 spiro atoms. The summed E-state index contributed by atoms with van der Waals surface area (Å²) < 4.78 is 7.88. The highest BCUT2D eigenvalue weighted by molar-refractivity contribution is 9.10. The van der Waals surface area contributed by atoms with E-state index in [-0.39, 0.29) is 0 Å². The highest BCUT2D eigenvalue weighted by Crippen LogP contribution is 2.27. The van der Waals surface area contributed by atoms with Crippen molar-refractivity contribution in [3.63, 3.8) is 0 Å². The summed E-state index contributed by atoms with van der Waals surface area (Å²) in [5, 5.41) is 14.4. The Bertz CT molecular complexity index is 820. The van der Waals surface area contributed by atoms with Crippen LogP contribution in [0.5, 0.6) is 0 Å². The highest BCUT2D eigenvalue weighted by Gasteiger charge is 2.18. The largest absolute Gasteiger partial charge is 0.378 e. The lowest BCUT2D eigenvalue weighted by molar-refractivity contribution is 0.122. The number of anilines is 1. The number of nitrogens with zero attached hydrogens (tertiary/aromatic N) is 6. The molecule has 10 heteroatoms. The molecule has 0 unspecified atom stereocenters. The number of hydrogen-bond acceptors (Lipinski definition) is 7. The Morgan fingerprint density at radius 1 is 1.30 bits per heavy atom. The first-order chi connectivity index (χ1) is 11.2. The number of morpholine rings is 1. The zero-order valence-corrected chi connectivity index (χ0v) is 14.8. The lowest BCUT2D eigenvalue weighted by atomic mass is 10.4. The van der Waals surface area contributed by atoms with E-state index in [0.29, 0.717) is 11.6 Å². The van der Waals surface area contributed by atoms with E-state index in [9.17, 15) is 0 Å². The fraction of sp³-hybridized carbons (Fsp3) is 0.385. The predicted octanol–water partition coefficient (Wildman–Crippen LogP) is 1.93. The molecule has 0 saturated carbocycles. The van der Waals surface area contributed by atoms with Gasteiger partial charge in [0.05, 0.1) is 13.2 Å². The molecule has 0 aliphatic carbocycles. The van der Waals surface area contributed by atoms with E-state index in [2.05, 4.69) is 46.1 Å². The second kappa shape index (κ2) is 6.02. The van der Waals surface area contributed by atoms with E-state index in [1.807, 2.05) is 18.5 Å². The van der Waals surface area contributed by atoms with Crippen molar-refractivity contribution in [3.8, 4) is 23.0 Å². The van der Waals surface area contributed by atoms with Crippen LogP contribution in [0.1, 0.15) is 0 Å². The van der Waals surface area contributed by atoms with Gasteiger partial charge in [-0.05, 0) is 15.9 Å². The second-order valence-electron chi connectivity index (χ2n) is 5.10. The van der Waals surface area contributed by atoms with Crippen LogP contribution in [0, 0.1) is 0 Å². The van der Waals surface area contributed by atoms with Gasteiger partial charge in [-0.1, -0.05) is 0 Å². The van der Waals surface area contributed by atoms with Gasteiger partial charge in [-0.15, -0.1) is 11.3 Å². The Morgan fingerprint density at radius 2 is 2.13 bits per heavy atom. The number of H-pyrrole nitrogens is 1. The molecule has 23 heavy (non-hydrogen) atoms. The molecule has 120 valence electrons. The van der Waals surface area contributed by atoms with E-state index in [1.165, 1.54) is 0 Å². The Kier molecular flexibility index (Phi) is 3.87. The van der Waals surface area contributed by atoms with Crippen molar-refractivity contribution in [2.75, 3.05) is 31.2 Å². The molecule has 0 radical (unpaired) electrons. The molecular formula is C13H14BrN7OS. The maximum atomic E-state index is 5.37. The van der Waals surface area contributed by atoms with Crippen LogP contribution in [0.25, 0.3) is 23.0 Å². The van der Waals surface area contributed by atoms with E-state index in [4.69, 9.17) is 4.74 Å². The van der Waals surface area contributed by atoms with Crippen LogP contribution in [-0.4, -0.2) is 56.2 Å². The number of ether oxygens (including phenoxy) is 1. The molecule has 1 aliphatic rings. The van der Waals surface area contributed by atoms with Gasteiger partial charge in [0.1, 0.15) is 16.0 Å². The number of aromatic amines is 1. The van der Waals surface area contributed by atoms with Gasteiger partial charge in [-0.2, -0.15) is 10.2 Å². The number of aryl methyl sites for hydroxylation is 1. The van der Waals surface area contributed by atoms with Crippen LogP contribution in [0.4, 0.5) is 5.13 Å². The summed E-state index contributed by atoms with van der Waals surface area (Å²) >= 11 is 4.96. The first-order valence-electron chi connectivity index (χ1n) is 7.11. The molecule has 4 rings (SSSR count). The van der Waals surface area contributed by atoms with Gasteiger partial charge in [-0.25, -0.2) is 9.97 Å². The van der Waals surface area contributed by atoms with Gasteiger partial charge in [0.2, 0.25) is 5.82 Å². The van der Waals surface area contributed by atoms with Gasteiger partial charge >= 0.3 is 0 Å². The first-order valence-corrected chi connectivity index (χ1v) is 8.79. The third kappa shape index (κ3) is 2.89. The molecule has 1 saturated heterocycles. The van der Waals surface area contributed by atoms with Crippen LogP contribution in [0.3, 0.4) is 0 Å². The summed E-state index contributed by atoms with van der Waals surface area (Å²) in [6, 6.07) is 1.89. The molecule has 0 amide bonds. The standard InChI is InChI=1S/C13H14BrN7OS/c1-20-9(6-10(14)19-20)12-16-11(17-18-12)8-7-23-13(15-8)21-2-4-22-5-3-21/h6-7H,2-5H2,1H3,(H,16,17,18). The molecule has 4 heterocycles. The highest BCUT2D eigenvalue weighted by atomic mass is 79.9. The van der Waals surface area contributed by atoms with E-state index >= 15 is 0 Å². The SMILES string of the molecule is Cn1nc(Br)cc1-c1nc(-c2csc(N3CCOCC3)n2)n[nH]1. The first kappa shape index (κ1) is 14.8. The fourth-order valence-electron chi connectivity index (χ4n) is 2.41. The van der Waals surface area contributed by atoms with Gasteiger partial charge in [0, 0.05) is 31.6 Å². The molecule has 8 nitrogen and oxygen atoms in total. The van der Waals surface area contributed by atoms with E-state index in [0.717, 1.165) is 47.4 Å². The minimum atomic E-state index is 0.591. The van der Waals surface area contributed by atoms with Gasteiger partial charge in [-0.3, -0.25) is 9.78 Å². The summed E-state index contributed by atoms with van der Waals surface area (Å²) in [6.07, 6.45) is 0. The van der Waals surface area contributed by atoms with Crippen LogP contribution in [-0.2, 0) is 11.8 Å². The summed E-state index contributed by atoms with van der Waals surface area (Å²) in [7, 11) is 1.86. The molecular weight excluding hydrogens is 382 g/mol. The van der Waals surface area contributed by atoms with Gasteiger partial charge in [0.15, 0.2) is 11.0 Å². The van der Waals surface area contributed by atoms with Crippen LogP contribution in [0.15, 0.2) is 16.0 Å². The van der Waals surface area contributed by atoms with E-state index in [1.54, 1.807) is 16.0 Å². The number of nitrogens with one attached hydrogen (secondary N) is 1. The van der Waals surface area contributed by atoms with Crippen molar-refractivity contribution >= 4 is 32.4 Å². The third-order valence-corrected chi connectivity index (χ3v) is 4.87. The second-order valence-corrected chi connectivity index (χ2v) is 6.75. The molecule has 1 aliphatic heterocycles.